The quantitative estimate of drug-likeness (QED) is 0.858. The summed E-state index contributed by atoms with van der Waals surface area (Å²) in [6.07, 6.45) is -2.69. The summed E-state index contributed by atoms with van der Waals surface area (Å²) in [5.41, 5.74) is 5.78. The largest absolute Gasteiger partial charge is 0.416 e. The number of nitrogens with two attached hydrogens (primary N) is 1. The zero-order valence-electron chi connectivity index (χ0n) is 11.3. The van der Waals surface area contributed by atoms with Gasteiger partial charge < -0.3 is 10.5 Å². The first-order chi connectivity index (χ1) is 8.80. The zero-order valence-corrected chi connectivity index (χ0v) is 11.3. The number of rotatable bonds is 6. The first-order valence-corrected chi connectivity index (χ1v) is 6.33. The molecule has 19 heavy (non-hydrogen) atoms. The summed E-state index contributed by atoms with van der Waals surface area (Å²) in [4.78, 5) is 0. The lowest BCUT2D eigenvalue weighted by Crippen LogP contribution is -2.43. The summed E-state index contributed by atoms with van der Waals surface area (Å²) in [6.45, 7) is 4.66. The third-order valence-corrected chi connectivity index (χ3v) is 3.35. The minimum atomic E-state index is -4.30. The van der Waals surface area contributed by atoms with Crippen LogP contribution in [0.3, 0.4) is 0 Å². The van der Waals surface area contributed by atoms with Crippen LogP contribution in [0.4, 0.5) is 13.2 Å². The summed E-state index contributed by atoms with van der Waals surface area (Å²) >= 11 is 0. The smallest absolute Gasteiger partial charge is 0.375 e. The Morgan fingerprint density at radius 2 is 1.58 bits per heavy atom. The average Bonchev–Trinajstić information content (AvgIpc) is 2.38. The molecule has 1 rings (SSSR count). The predicted molar refractivity (Wildman–Crippen MR) is 68.6 cm³/mol. The first kappa shape index (κ1) is 16.0. The van der Waals surface area contributed by atoms with Gasteiger partial charge >= 0.3 is 6.18 Å². The summed E-state index contributed by atoms with van der Waals surface area (Å²) in [6, 6.07) is 4.99. The minimum absolute atomic E-state index is 0.275. The lowest BCUT2D eigenvalue weighted by atomic mass is 9.96. The summed E-state index contributed by atoms with van der Waals surface area (Å²) in [7, 11) is 0. The van der Waals surface area contributed by atoms with Gasteiger partial charge in [0.15, 0.2) is 0 Å². The van der Waals surface area contributed by atoms with E-state index >= 15 is 0 Å². The monoisotopic (exact) mass is 275 g/mol. The van der Waals surface area contributed by atoms with Crippen molar-refractivity contribution in [1.29, 1.82) is 0 Å². The van der Waals surface area contributed by atoms with Gasteiger partial charge in [-0.05, 0) is 30.5 Å². The molecule has 0 aliphatic carbocycles. The Morgan fingerprint density at radius 1 is 1.05 bits per heavy atom. The SMILES string of the molecule is CCC(N)(CC)COCc1ccc(C(F)(F)F)cc1. The molecule has 0 amide bonds. The fourth-order valence-corrected chi connectivity index (χ4v) is 1.62. The minimum Gasteiger partial charge on any atom is -0.375 e. The van der Waals surface area contributed by atoms with Crippen LogP contribution in [0.1, 0.15) is 37.8 Å². The van der Waals surface area contributed by atoms with Gasteiger partial charge in [0.25, 0.3) is 0 Å². The van der Waals surface area contributed by atoms with Crippen LogP contribution in [0.2, 0.25) is 0 Å². The highest BCUT2D eigenvalue weighted by molar-refractivity contribution is 5.24. The van der Waals surface area contributed by atoms with E-state index in [-0.39, 0.29) is 12.1 Å². The number of alkyl halides is 3. The molecule has 0 saturated heterocycles. The van der Waals surface area contributed by atoms with Crippen molar-refractivity contribution in [2.24, 2.45) is 5.73 Å². The van der Waals surface area contributed by atoms with Gasteiger partial charge in [0.1, 0.15) is 0 Å². The number of ether oxygens (including phenoxy) is 1. The highest BCUT2D eigenvalue weighted by Crippen LogP contribution is 2.29. The third-order valence-electron chi connectivity index (χ3n) is 3.35. The van der Waals surface area contributed by atoms with Crippen LogP contribution >= 0.6 is 0 Å². The lowest BCUT2D eigenvalue weighted by Gasteiger charge is -2.26. The Bertz CT molecular complexity index is 383. The molecular weight excluding hydrogens is 255 g/mol. The van der Waals surface area contributed by atoms with Crippen molar-refractivity contribution < 1.29 is 17.9 Å². The molecule has 2 N–H and O–H groups in total. The second-order valence-electron chi connectivity index (χ2n) is 4.76. The van der Waals surface area contributed by atoms with E-state index in [0.29, 0.717) is 12.2 Å². The van der Waals surface area contributed by atoms with Crippen LogP contribution < -0.4 is 5.73 Å². The molecule has 0 aliphatic heterocycles. The van der Waals surface area contributed by atoms with Crippen LogP contribution in [0.25, 0.3) is 0 Å². The van der Waals surface area contributed by atoms with E-state index in [1.807, 2.05) is 13.8 Å². The molecule has 0 radical (unpaired) electrons. The molecule has 0 aliphatic rings. The Morgan fingerprint density at radius 3 is 2.00 bits per heavy atom. The Hall–Kier alpha value is -1.07. The number of benzene rings is 1. The molecule has 0 atom stereocenters. The normalized spacial score (nSPS) is 12.7. The van der Waals surface area contributed by atoms with Gasteiger partial charge in [0.2, 0.25) is 0 Å². The van der Waals surface area contributed by atoms with Crippen LogP contribution in [-0.4, -0.2) is 12.1 Å². The van der Waals surface area contributed by atoms with E-state index in [2.05, 4.69) is 0 Å². The van der Waals surface area contributed by atoms with Gasteiger partial charge in [0.05, 0.1) is 18.8 Å². The second-order valence-corrected chi connectivity index (χ2v) is 4.76. The zero-order chi connectivity index (χ0) is 14.5. The lowest BCUT2D eigenvalue weighted by molar-refractivity contribution is -0.137. The maximum absolute atomic E-state index is 12.4. The van der Waals surface area contributed by atoms with Crippen molar-refractivity contribution in [3.63, 3.8) is 0 Å². The van der Waals surface area contributed by atoms with Crippen LogP contribution in [0.5, 0.6) is 0 Å². The molecule has 0 unspecified atom stereocenters. The standard InChI is InChI=1S/C14H20F3NO/c1-3-13(18,4-2)10-19-9-11-5-7-12(8-6-11)14(15,16)17/h5-8H,3-4,9-10,18H2,1-2H3. The Labute approximate surface area is 111 Å². The van der Waals surface area contributed by atoms with Gasteiger partial charge in [-0.2, -0.15) is 13.2 Å². The first-order valence-electron chi connectivity index (χ1n) is 6.33. The van der Waals surface area contributed by atoms with Crippen molar-refractivity contribution in [3.8, 4) is 0 Å². The van der Waals surface area contributed by atoms with Crippen LogP contribution in [0, 0.1) is 0 Å². The average molecular weight is 275 g/mol. The molecule has 0 saturated carbocycles. The summed E-state index contributed by atoms with van der Waals surface area (Å²) < 4.78 is 42.6. The molecule has 108 valence electrons. The van der Waals surface area contributed by atoms with Crippen molar-refractivity contribution in [1.82, 2.24) is 0 Å². The second kappa shape index (κ2) is 6.39. The highest BCUT2D eigenvalue weighted by atomic mass is 19.4. The summed E-state index contributed by atoms with van der Waals surface area (Å²) in [5.74, 6) is 0. The molecular formula is C14H20F3NO. The van der Waals surface area contributed by atoms with E-state index in [1.54, 1.807) is 0 Å². The fraction of sp³-hybridized carbons (Fsp3) is 0.571. The van der Waals surface area contributed by atoms with Gasteiger partial charge in [0, 0.05) is 5.54 Å². The molecule has 0 spiro atoms. The Kier molecular flexibility index (Phi) is 5.38. The topological polar surface area (TPSA) is 35.2 Å². The van der Waals surface area contributed by atoms with Crippen LogP contribution in [0.15, 0.2) is 24.3 Å². The van der Waals surface area contributed by atoms with Crippen molar-refractivity contribution in [3.05, 3.63) is 35.4 Å². The maximum Gasteiger partial charge on any atom is 0.416 e. The van der Waals surface area contributed by atoms with Gasteiger partial charge in [-0.3, -0.25) is 0 Å². The van der Waals surface area contributed by atoms with E-state index in [9.17, 15) is 13.2 Å². The molecule has 1 aromatic rings. The van der Waals surface area contributed by atoms with Crippen molar-refractivity contribution >= 4 is 0 Å². The summed E-state index contributed by atoms with van der Waals surface area (Å²) in [5, 5.41) is 0. The molecule has 5 heteroatoms. The molecule has 2 nitrogen and oxygen atoms in total. The highest BCUT2D eigenvalue weighted by Gasteiger charge is 2.29. The van der Waals surface area contributed by atoms with E-state index in [0.717, 1.165) is 25.0 Å². The maximum atomic E-state index is 12.4. The van der Waals surface area contributed by atoms with Crippen LogP contribution in [-0.2, 0) is 17.5 Å². The molecule has 1 aromatic carbocycles. The molecule has 0 heterocycles. The van der Waals surface area contributed by atoms with Crippen molar-refractivity contribution in [2.45, 2.75) is 45.0 Å². The number of hydrogen-bond acceptors (Lipinski definition) is 2. The Balaban J connectivity index is 2.51. The number of hydrogen-bond donors (Lipinski definition) is 1. The third kappa shape index (κ3) is 4.84. The fourth-order valence-electron chi connectivity index (χ4n) is 1.62. The van der Waals surface area contributed by atoms with E-state index in [1.165, 1.54) is 12.1 Å². The van der Waals surface area contributed by atoms with Gasteiger partial charge in [-0.1, -0.05) is 26.0 Å². The van der Waals surface area contributed by atoms with E-state index < -0.39 is 11.7 Å². The molecule has 0 fully saturated rings. The van der Waals surface area contributed by atoms with E-state index in [4.69, 9.17) is 10.5 Å². The molecule has 0 aromatic heterocycles. The van der Waals surface area contributed by atoms with Gasteiger partial charge in [-0.15, -0.1) is 0 Å². The van der Waals surface area contributed by atoms with Crippen molar-refractivity contribution in [2.75, 3.05) is 6.61 Å². The van der Waals surface area contributed by atoms with Gasteiger partial charge in [-0.25, -0.2) is 0 Å². The molecule has 0 bridgehead atoms. The number of halogens is 3. The predicted octanol–water partition coefficient (Wildman–Crippen LogP) is 3.74.